The second kappa shape index (κ2) is 8.06. The van der Waals surface area contributed by atoms with Crippen LogP contribution in [0.1, 0.15) is 16.2 Å². The molecular formula is C22H17ClN4O. The molecule has 1 aromatic heterocycles. The van der Waals surface area contributed by atoms with Crippen LogP contribution in [0.15, 0.2) is 78.9 Å². The van der Waals surface area contributed by atoms with Gasteiger partial charge in [0, 0.05) is 22.6 Å². The van der Waals surface area contributed by atoms with E-state index in [1.165, 1.54) is 0 Å². The largest absolute Gasteiger partial charge is 0.345 e. The number of hydrogen-bond acceptors (Lipinski definition) is 4. The van der Waals surface area contributed by atoms with E-state index in [0.29, 0.717) is 22.9 Å². The van der Waals surface area contributed by atoms with Gasteiger partial charge in [0.05, 0.1) is 5.52 Å². The van der Waals surface area contributed by atoms with Crippen LogP contribution in [0.25, 0.3) is 10.9 Å². The summed E-state index contributed by atoms with van der Waals surface area (Å²) in [6.07, 6.45) is 0. The number of amides is 1. The molecule has 0 unspecified atom stereocenters. The van der Waals surface area contributed by atoms with Crippen molar-refractivity contribution in [1.29, 1.82) is 0 Å². The van der Waals surface area contributed by atoms with Crippen molar-refractivity contribution in [3.8, 4) is 0 Å². The lowest BCUT2D eigenvalue weighted by Crippen LogP contribution is -2.25. The molecule has 3 aromatic carbocycles. The van der Waals surface area contributed by atoms with Crippen LogP contribution in [-0.4, -0.2) is 15.9 Å². The molecule has 0 fully saturated rings. The lowest BCUT2D eigenvalue weighted by molar-refractivity contribution is 0.0941. The van der Waals surface area contributed by atoms with Crippen LogP contribution in [-0.2, 0) is 6.54 Å². The van der Waals surface area contributed by atoms with Gasteiger partial charge in [0.25, 0.3) is 5.91 Å². The molecule has 4 rings (SSSR count). The third-order valence-electron chi connectivity index (χ3n) is 4.24. The van der Waals surface area contributed by atoms with Crippen LogP contribution in [0.5, 0.6) is 0 Å². The molecule has 0 aliphatic carbocycles. The number of hydrogen-bond donors (Lipinski definition) is 2. The fraction of sp³-hybridized carbons (Fsp3) is 0.0455. The summed E-state index contributed by atoms with van der Waals surface area (Å²) in [4.78, 5) is 21.6. The summed E-state index contributed by atoms with van der Waals surface area (Å²) in [5.74, 6) is 0.325. The summed E-state index contributed by atoms with van der Waals surface area (Å²) < 4.78 is 0. The third-order valence-corrected chi connectivity index (χ3v) is 4.61. The Bertz CT molecular complexity index is 1130. The van der Waals surface area contributed by atoms with Gasteiger partial charge in [-0.05, 0) is 35.9 Å². The van der Waals surface area contributed by atoms with E-state index in [0.717, 1.165) is 16.6 Å². The average Bonchev–Trinajstić information content (AvgIpc) is 2.73. The van der Waals surface area contributed by atoms with E-state index in [1.54, 1.807) is 6.07 Å². The number of nitrogens with zero attached hydrogens (tertiary/aromatic N) is 2. The molecule has 4 aromatic rings. The van der Waals surface area contributed by atoms with E-state index in [4.69, 9.17) is 11.6 Å². The van der Waals surface area contributed by atoms with Gasteiger partial charge in [-0.25, -0.2) is 9.97 Å². The van der Waals surface area contributed by atoms with Crippen molar-refractivity contribution in [2.24, 2.45) is 0 Å². The van der Waals surface area contributed by atoms with Gasteiger partial charge >= 0.3 is 0 Å². The zero-order valence-corrected chi connectivity index (χ0v) is 15.6. The minimum atomic E-state index is -0.359. The predicted octanol–water partition coefficient (Wildman–Crippen LogP) is 4.96. The van der Waals surface area contributed by atoms with Gasteiger partial charge in [0.2, 0.25) is 5.82 Å². The van der Waals surface area contributed by atoms with Crippen LogP contribution in [0.4, 0.5) is 11.5 Å². The highest BCUT2D eigenvalue weighted by atomic mass is 35.5. The van der Waals surface area contributed by atoms with Gasteiger partial charge in [-0.2, -0.15) is 0 Å². The van der Waals surface area contributed by atoms with Gasteiger partial charge in [-0.3, -0.25) is 4.79 Å². The molecule has 0 aliphatic heterocycles. The molecule has 6 heteroatoms. The Morgan fingerprint density at radius 1 is 0.857 bits per heavy atom. The zero-order valence-electron chi connectivity index (χ0n) is 14.9. The van der Waals surface area contributed by atoms with Crippen LogP contribution >= 0.6 is 11.6 Å². The van der Waals surface area contributed by atoms with Crippen LogP contribution in [0.3, 0.4) is 0 Å². The zero-order chi connectivity index (χ0) is 19.3. The van der Waals surface area contributed by atoms with Crippen molar-refractivity contribution in [3.05, 3.63) is 95.3 Å². The van der Waals surface area contributed by atoms with E-state index < -0.39 is 0 Å². The first-order chi connectivity index (χ1) is 13.7. The minimum absolute atomic E-state index is 0.101. The normalized spacial score (nSPS) is 10.6. The van der Waals surface area contributed by atoms with Gasteiger partial charge in [-0.1, -0.05) is 60.1 Å². The summed E-state index contributed by atoms with van der Waals surface area (Å²) >= 11 is 6.15. The molecule has 0 bridgehead atoms. The van der Waals surface area contributed by atoms with Crippen molar-refractivity contribution in [2.45, 2.75) is 6.54 Å². The molecule has 0 aliphatic rings. The first kappa shape index (κ1) is 17.9. The Kier molecular flexibility index (Phi) is 5.17. The number of fused-ring (bicyclic) bond motifs is 1. The number of carbonyl (C=O) groups excluding carboxylic acids is 1. The highest BCUT2D eigenvalue weighted by Crippen LogP contribution is 2.23. The summed E-state index contributed by atoms with van der Waals surface area (Å²) in [6.45, 7) is 0.302. The lowest BCUT2D eigenvalue weighted by Gasteiger charge is -2.11. The number of benzene rings is 3. The summed E-state index contributed by atoms with van der Waals surface area (Å²) in [7, 11) is 0. The number of rotatable bonds is 5. The molecule has 0 saturated carbocycles. The number of carbonyl (C=O) groups is 1. The molecule has 5 nitrogen and oxygen atoms in total. The molecule has 0 saturated heterocycles. The predicted molar refractivity (Wildman–Crippen MR) is 112 cm³/mol. The second-order valence-electron chi connectivity index (χ2n) is 6.18. The Hall–Kier alpha value is -3.44. The fourth-order valence-electron chi connectivity index (χ4n) is 2.83. The third kappa shape index (κ3) is 3.94. The number of aromatic nitrogens is 2. The molecule has 0 atom stereocenters. The Labute approximate surface area is 167 Å². The van der Waals surface area contributed by atoms with Gasteiger partial charge in [-0.15, -0.1) is 0 Å². The number of anilines is 2. The number of halogens is 1. The monoisotopic (exact) mass is 388 g/mol. The van der Waals surface area contributed by atoms with E-state index in [9.17, 15) is 4.79 Å². The Balaban J connectivity index is 1.63. The smallest absolute Gasteiger partial charge is 0.289 e. The van der Waals surface area contributed by atoms with E-state index >= 15 is 0 Å². The SMILES string of the molecule is O=C(NCc1ccccc1Cl)c1nc(Nc2ccccc2)c2ccccc2n1. The van der Waals surface area contributed by atoms with E-state index in [1.807, 2.05) is 72.8 Å². The summed E-state index contributed by atoms with van der Waals surface area (Å²) in [6, 6.07) is 24.6. The van der Waals surface area contributed by atoms with Crippen LogP contribution in [0, 0.1) is 0 Å². The Morgan fingerprint density at radius 3 is 2.39 bits per heavy atom. The molecule has 28 heavy (non-hydrogen) atoms. The topological polar surface area (TPSA) is 66.9 Å². The first-order valence-corrected chi connectivity index (χ1v) is 9.19. The van der Waals surface area contributed by atoms with Gasteiger partial charge in [0.1, 0.15) is 5.82 Å². The number of para-hydroxylation sites is 2. The molecule has 0 radical (unpaired) electrons. The summed E-state index contributed by atoms with van der Waals surface area (Å²) in [5.41, 5.74) is 2.41. The van der Waals surface area contributed by atoms with Crippen molar-refractivity contribution >= 4 is 39.9 Å². The molecule has 2 N–H and O–H groups in total. The maximum Gasteiger partial charge on any atom is 0.289 e. The number of nitrogens with one attached hydrogen (secondary N) is 2. The summed E-state index contributed by atoms with van der Waals surface area (Å²) in [5, 5.41) is 7.56. The van der Waals surface area contributed by atoms with Crippen LogP contribution < -0.4 is 10.6 Å². The van der Waals surface area contributed by atoms with Crippen molar-refractivity contribution in [3.63, 3.8) is 0 Å². The van der Waals surface area contributed by atoms with Gasteiger partial charge in [0.15, 0.2) is 0 Å². The van der Waals surface area contributed by atoms with Crippen LogP contribution in [0.2, 0.25) is 5.02 Å². The van der Waals surface area contributed by atoms with Crippen molar-refractivity contribution < 1.29 is 4.79 Å². The second-order valence-corrected chi connectivity index (χ2v) is 6.59. The molecular weight excluding hydrogens is 372 g/mol. The highest BCUT2D eigenvalue weighted by Gasteiger charge is 2.14. The molecule has 1 amide bonds. The first-order valence-electron chi connectivity index (χ1n) is 8.81. The maximum absolute atomic E-state index is 12.7. The maximum atomic E-state index is 12.7. The molecule has 0 spiro atoms. The Morgan fingerprint density at radius 2 is 1.57 bits per heavy atom. The van der Waals surface area contributed by atoms with Crippen molar-refractivity contribution in [1.82, 2.24) is 15.3 Å². The highest BCUT2D eigenvalue weighted by molar-refractivity contribution is 6.31. The molecule has 138 valence electrons. The van der Waals surface area contributed by atoms with Crippen molar-refractivity contribution in [2.75, 3.05) is 5.32 Å². The van der Waals surface area contributed by atoms with Gasteiger partial charge < -0.3 is 10.6 Å². The van der Waals surface area contributed by atoms with E-state index in [-0.39, 0.29) is 11.7 Å². The lowest BCUT2D eigenvalue weighted by atomic mass is 10.2. The fourth-order valence-corrected chi connectivity index (χ4v) is 3.03. The quantitative estimate of drug-likeness (QED) is 0.507. The molecule has 1 heterocycles. The minimum Gasteiger partial charge on any atom is -0.345 e. The van der Waals surface area contributed by atoms with E-state index in [2.05, 4.69) is 20.6 Å². The average molecular weight is 389 g/mol. The standard InChI is InChI=1S/C22H17ClN4O/c23-18-12-6-4-8-15(18)14-24-22(28)21-26-19-13-7-5-11-17(19)20(27-21)25-16-9-2-1-3-10-16/h1-13H,14H2,(H,24,28)(H,25,26,27).